The lowest BCUT2D eigenvalue weighted by Gasteiger charge is -2.08. The smallest absolute Gasteiger partial charge is 0.295 e. The Morgan fingerprint density at radius 2 is 2.00 bits per heavy atom. The number of amides is 1. The summed E-state index contributed by atoms with van der Waals surface area (Å²) < 4.78 is 32.2. The summed E-state index contributed by atoms with van der Waals surface area (Å²) in [7, 11) is 1.54. The van der Waals surface area contributed by atoms with Gasteiger partial charge >= 0.3 is 0 Å². The average molecular weight is 347 g/mol. The molecule has 0 saturated carbocycles. The monoisotopic (exact) mass is 347 g/mol. The van der Waals surface area contributed by atoms with E-state index in [1.165, 1.54) is 6.07 Å². The number of nitrogens with one attached hydrogen (secondary N) is 1. The number of carbonyl (C=O) groups is 1. The lowest BCUT2D eigenvalue weighted by Crippen LogP contribution is -2.15. The van der Waals surface area contributed by atoms with Gasteiger partial charge < -0.3 is 10.1 Å². The number of ether oxygens (including phenoxy) is 1. The van der Waals surface area contributed by atoms with Crippen molar-refractivity contribution in [2.45, 2.75) is 20.3 Å². The number of carbonyl (C=O) groups excluding carboxylic acids is 1. The number of halogens is 2. The van der Waals surface area contributed by atoms with Crippen LogP contribution in [0.5, 0.6) is 5.75 Å². The number of rotatable bonds is 4. The Bertz CT molecular complexity index is 955. The first-order valence-corrected chi connectivity index (χ1v) is 7.37. The highest BCUT2D eigenvalue weighted by molar-refractivity contribution is 6.02. The highest BCUT2D eigenvalue weighted by atomic mass is 19.3. The van der Waals surface area contributed by atoms with Gasteiger partial charge in [0.05, 0.1) is 7.11 Å². The highest BCUT2D eigenvalue weighted by Gasteiger charge is 2.20. The minimum atomic E-state index is -2.76. The van der Waals surface area contributed by atoms with Crippen molar-refractivity contribution in [3.63, 3.8) is 0 Å². The molecule has 25 heavy (non-hydrogen) atoms. The highest BCUT2D eigenvalue weighted by Crippen LogP contribution is 2.22. The van der Waals surface area contributed by atoms with E-state index in [0.29, 0.717) is 17.1 Å². The maximum Gasteiger partial charge on any atom is 0.295 e. The number of methoxy groups -OCH3 is 1. The van der Waals surface area contributed by atoms with Gasteiger partial charge in [0.15, 0.2) is 0 Å². The van der Waals surface area contributed by atoms with Crippen molar-refractivity contribution in [1.29, 1.82) is 0 Å². The van der Waals surface area contributed by atoms with Crippen molar-refractivity contribution in [2.75, 3.05) is 12.4 Å². The number of fused-ring (bicyclic) bond motifs is 1. The number of nitrogens with zero attached hydrogens (tertiary/aromatic N) is 4. The van der Waals surface area contributed by atoms with E-state index in [-0.39, 0.29) is 17.3 Å². The molecule has 1 amide bonds. The Kier molecular flexibility index (Phi) is 4.30. The van der Waals surface area contributed by atoms with Crippen molar-refractivity contribution in [1.82, 2.24) is 19.6 Å². The van der Waals surface area contributed by atoms with Crippen LogP contribution in [0.3, 0.4) is 0 Å². The SMILES string of the molecule is COc1ccc(NC(=O)c2nc3nc(C)cc(C(F)F)n3n2)c(C)c1. The Balaban J connectivity index is 1.94. The minimum absolute atomic E-state index is 0.0492. The summed E-state index contributed by atoms with van der Waals surface area (Å²) in [4.78, 5) is 20.3. The molecule has 0 fully saturated rings. The van der Waals surface area contributed by atoms with Gasteiger partial charge in [-0.2, -0.15) is 9.50 Å². The Morgan fingerprint density at radius 3 is 2.64 bits per heavy atom. The first kappa shape index (κ1) is 16.7. The van der Waals surface area contributed by atoms with Crippen molar-refractivity contribution in [3.05, 3.63) is 47.0 Å². The Labute approximate surface area is 141 Å². The van der Waals surface area contributed by atoms with Crippen LogP contribution in [0.2, 0.25) is 0 Å². The zero-order valence-corrected chi connectivity index (χ0v) is 13.7. The van der Waals surface area contributed by atoms with Crippen LogP contribution in [0.25, 0.3) is 5.78 Å². The van der Waals surface area contributed by atoms with Crippen molar-refractivity contribution < 1.29 is 18.3 Å². The summed E-state index contributed by atoms with van der Waals surface area (Å²) in [5.74, 6) is -0.249. The lowest BCUT2D eigenvalue weighted by atomic mass is 10.2. The molecular formula is C16H15F2N5O2. The summed E-state index contributed by atoms with van der Waals surface area (Å²) in [6.07, 6.45) is -2.76. The first-order valence-electron chi connectivity index (χ1n) is 7.37. The molecule has 0 radical (unpaired) electrons. The first-order chi connectivity index (χ1) is 11.9. The van der Waals surface area contributed by atoms with Crippen LogP contribution in [0.15, 0.2) is 24.3 Å². The van der Waals surface area contributed by atoms with Crippen LogP contribution in [-0.4, -0.2) is 32.6 Å². The maximum atomic E-state index is 13.1. The second-order valence-electron chi connectivity index (χ2n) is 5.41. The van der Waals surface area contributed by atoms with E-state index in [2.05, 4.69) is 20.4 Å². The van der Waals surface area contributed by atoms with Crippen molar-refractivity contribution in [2.24, 2.45) is 0 Å². The van der Waals surface area contributed by atoms with Gasteiger partial charge in [-0.15, -0.1) is 5.10 Å². The van der Waals surface area contributed by atoms with Crippen LogP contribution >= 0.6 is 0 Å². The van der Waals surface area contributed by atoms with E-state index >= 15 is 0 Å². The molecule has 0 unspecified atom stereocenters. The van der Waals surface area contributed by atoms with Crippen LogP contribution < -0.4 is 10.1 Å². The Hall–Kier alpha value is -3.10. The number of benzene rings is 1. The number of alkyl halides is 2. The molecule has 3 aromatic rings. The number of hydrogen-bond donors (Lipinski definition) is 1. The predicted octanol–water partition coefficient (Wildman–Crippen LogP) is 2.94. The molecule has 0 spiro atoms. The quantitative estimate of drug-likeness (QED) is 0.785. The molecule has 0 saturated heterocycles. The van der Waals surface area contributed by atoms with Crippen LogP contribution in [0, 0.1) is 13.8 Å². The van der Waals surface area contributed by atoms with Gasteiger partial charge in [0.2, 0.25) is 5.82 Å². The van der Waals surface area contributed by atoms with Gasteiger partial charge in [0, 0.05) is 11.4 Å². The molecule has 1 aromatic carbocycles. The number of anilines is 1. The molecule has 130 valence electrons. The van der Waals surface area contributed by atoms with E-state index in [1.54, 1.807) is 39.2 Å². The van der Waals surface area contributed by atoms with Gasteiger partial charge in [0.1, 0.15) is 11.4 Å². The van der Waals surface area contributed by atoms with E-state index in [1.807, 2.05) is 0 Å². The third-order valence-electron chi connectivity index (χ3n) is 3.58. The summed E-state index contributed by atoms with van der Waals surface area (Å²) >= 11 is 0. The van der Waals surface area contributed by atoms with Crippen molar-refractivity contribution >= 4 is 17.4 Å². The van der Waals surface area contributed by atoms with Gasteiger partial charge in [-0.05, 0) is 43.7 Å². The van der Waals surface area contributed by atoms with E-state index < -0.39 is 12.3 Å². The van der Waals surface area contributed by atoms with Crippen molar-refractivity contribution in [3.8, 4) is 5.75 Å². The van der Waals surface area contributed by atoms with E-state index in [9.17, 15) is 13.6 Å². The summed E-state index contributed by atoms with van der Waals surface area (Å²) in [5.41, 5.74) is 1.32. The number of hydrogen-bond acceptors (Lipinski definition) is 5. The van der Waals surface area contributed by atoms with Crippen LogP contribution in [-0.2, 0) is 0 Å². The van der Waals surface area contributed by atoms with Gasteiger partial charge in [0.25, 0.3) is 18.1 Å². The fraction of sp³-hybridized carbons (Fsp3) is 0.250. The summed E-state index contributed by atoms with van der Waals surface area (Å²) in [6, 6.07) is 6.34. The molecule has 0 aliphatic carbocycles. The topological polar surface area (TPSA) is 81.4 Å². The molecule has 1 N–H and O–H groups in total. The summed E-state index contributed by atoms with van der Waals surface area (Å²) in [6.45, 7) is 3.37. The lowest BCUT2D eigenvalue weighted by molar-refractivity contribution is 0.101. The maximum absolute atomic E-state index is 13.1. The second kappa shape index (κ2) is 6.42. The molecule has 0 aliphatic rings. The van der Waals surface area contributed by atoms with E-state index in [4.69, 9.17) is 4.74 Å². The Morgan fingerprint density at radius 1 is 1.24 bits per heavy atom. The number of aromatic nitrogens is 4. The molecule has 0 atom stereocenters. The largest absolute Gasteiger partial charge is 0.497 e. The normalized spacial score (nSPS) is 11.1. The second-order valence-corrected chi connectivity index (χ2v) is 5.41. The zero-order valence-electron chi connectivity index (χ0n) is 13.7. The molecule has 2 heterocycles. The minimum Gasteiger partial charge on any atom is -0.497 e. The molecule has 0 bridgehead atoms. The van der Waals surface area contributed by atoms with E-state index in [0.717, 1.165) is 10.1 Å². The van der Waals surface area contributed by atoms with Crippen LogP contribution in [0.1, 0.15) is 34.0 Å². The van der Waals surface area contributed by atoms with Gasteiger partial charge in [-0.25, -0.2) is 13.8 Å². The van der Waals surface area contributed by atoms with Gasteiger partial charge in [-0.3, -0.25) is 4.79 Å². The molecule has 7 nitrogen and oxygen atoms in total. The fourth-order valence-electron chi connectivity index (χ4n) is 2.35. The fourth-order valence-corrected chi connectivity index (χ4v) is 2.35. The predicted molar refractivity (Wildman–Crippen MR) is 86.2 cm³/mol. The molecule has 9 heteroatoms. The van der Waals surface area contributed by atoms with Gasteiger partial charge in [-0.1, -0.05) is 0 Å². The standard InChI is InChI=1S/C16H15F2N5O2/c1-8-6-10(25-3)4-5-11(8)20-15(24)14-21-16-19-9(2)7-12(13(17)18)23(16)22-14/h4-7,13H,1-3H3,(H,20,24). The molecular weight excluding hydrogens is 332 g/mol. The average Bonchev–Trinajstić information content (AvgIpc) is 2.99. The summed E-state index contributed by atoms with van der Waals surface area (Å²) in [5, 5.41) is 6.51. The number of aryl methyl sites for hydroxylation is 2. The van der Waals surface area contributed by atoms with Crippen LogP contribution in [0.4, 0.5) is 14.5 Å². The molecule has 0 aliphatic heterocycles. The molecule has 2 aromatic heterocycles. The zero-order chi connectivity index (χ0) is 18.1. The third kappa shape index (κ3) is 3.25. The molecule has 3 rings (SSSR count). The third-order valence-corrected chi connectivity index (χ3v) is 3.58.